The summed E-state index contributed by atoms with van der Waals surface area (Å²) < 4.78 is 27.9. The second-order valence-electron chi connectivity index (χ2n) is 4.26. The van der Waals surface area contributed by atoms with Crippen LogP contribution in [0.25, 0.3) is 0 Å². The van der Waals surface area contributed by atoms with Crippen LogP contribution in [0.2, 0.25) is 0 Å². The molecule has 0 fully saturated rings. The van der Waals surface area contributed by atoms with Gasteiger partial charge in [-0.2, -0.15) is 0 Å². The molecular formula is C11H11BrN2O2S3. The number of thiophene rings is 1. The predicted molar refractivity (Wildman–Crippen MR) is 81.6 cm³/mol. The summed E-state index contributed by atoms with van der Waals surface area (Å²) in [6.07, 6.45) is 4.27. The van der Waals surface area contributed by atoms with E-state index in [9.17, 15) is 8.42 Å². The molecule has 2 aromatic heterocycles. The van der Waals surface area contributed by atoms with E-state index in [0.29, 0.717) is 13.8 Å². The lowest BCUT2D eigenvalue weighted by Gasteiger charge is -2.06. The third kappa shape index (κ3) is 2.72. The number of sulfonamides is 1. The Balaban J connectivity index is 1.89. The molecule has 19 heavy (non-hydrogen) atoms. The number of hydrogen-bond donors (Lipinski definition) is 1. The molecule has 0 saturated carbocycles. The number of rotatable bonds is 3. The van der Waals surface area contributed by atoms with Crippen molar-refractivity contribution in [3.8, 4) is 0 Å². The molecule has 3 rings (SSSR count). The molecule has 0 amide bonds. The summed E-state index contributed by atoms with van der Waals surface area (Å²) in [6, 6.07) is 1.73. The van der Waals surface area contributed by atoms with Crippen molar-refractivity contribution in [2.75, 3.05) is 4.72 Å². The van der Waals surface area contributed by atoms with Gasteiger partial charge in [0.05, 0.1) is 5.69 Å². The van der Waals surface area contributed by atoms with E-state index in [0.717, 1.165) is 31.4 Å². The van der Waals surface area contributed by atoms with E-state index in [-0.39, 0.29) is 0 Å². The normalized spacial score (nSPS) is 15.2. The molecule has 8 heteroatoms. The highest BCUT2D eigenvalue weighted by Crippen LogP contribution is 2.33. The number of aromatic nitrogens is 1. The van der Waals surface area contributed by atoms with Crippen molar-refractivity contribution in [1.29, 1.82) is 0 Å². The fraction of sp³-hybridized carbons (Fsp3) is 0.364. The van der Waals surface area contributed by atoms with Crippen molar-refractivity contribution < 1.29 is 8.42 Å². The lowest BCUT2D eigenvalue weighted by Crippen LogP contribution is -2.11. The van der Waals surface area contributed by atoms with Crippen molar-refractivity contribution in [2.24, 2.45) is 0 Å². The molecule has 2 heterocycles. The standard InChI is InChI=1S/C11H11BrN2O2S3/c12-7-5-6-17-10(7)19(15,16)14-11-13-8-3-1-2-4-9(8)18-11/h5-6H,1-4H2,(H,13,14). The van der Waals surface area contributed by atoms with E-state index in [2.05, 4.69) is 25.6 Å². The van der Waals surface area contributed by atoms with Crippen LogP contribution in [-0.4, -0.2) is 13.4 Å². The molecule has 1 aliphatic carbocycles. The SMILES string of the molecule is O=S(=O)(Nc1nc2c(s1)CCCC2)c1sccc1Br. The fourth-order valence-corrected chi connectivity index (χ4v) is 6.65. The van der Waals surface area contributed by atoms with Crippen LogP contribution in [0, 0.1) is 0 Å². The van der Waals surface area contributed by atoms with E-state index >= 15 is 0 Å². The molecule has 0 saturated heterocycles. The van der Waals surface area contributed by atoms with Gasteiger partial charge in [-0.15, -0.1) is 22.7 Å². The van der Waals surface area contributed by atoms with Gasteiger partial charge in [0.15, 0.2) is 9.34 Å². The molecule has 0 aromatic carbocycles. The molecule has 0 bridgehead atoms. The second kappa shape index (κ2) is 5.16. The Morgan fingerprint density at radius 1 is 1.32 bits per heavy atom. The minimum atomic E-state index is -3.53. The lowest BCUT2D eigenvalue weighted by atomic mass is 10.0. The first-order valence-electron chi connectivity index (χ1n) is 5.80. The average Bonchev–Trinajstić information content (AvgIpc) is 2.93. The average molecular weight is 379 g/mol. The third-order valence-corrected chi connectivity index (χ3v) is 8.11. The van der Waals surface area contributed by atoms with Crippen LogP contribution < -0.4 is 4.72 Å². The van der Waals surface area contributed by atoms with Gasteiger partial charge in [-0.05, 0) is 53.1 Å². The van der Waals surface area contributed by atoms with Gasteiger partial charge in [0.1, 0.15) is 0 Å². The van der Waals surface area contributed by atoms with Gasteiger partial charge in [-0.3, -0.25) is 4.72 Å². The highest BCUT2D eigenvalue weighted by atomic mass is 79.9. The predicted octanol–water partition coefficient (Wildman–Crippen LogP) is 3.65. The first kappa shape index (κ1) is 13.5. The van der Waals surface area contributed by atoms with Gasteiger partial charge < -0.3 is 0 Å². The lowest BCUT2D eigenvalue weighted by molar-refractivity contribution is 0.602. The smallest absolute Gasteiger partial charge is 0.254 e. The number of aryl methyl sites for hydroxylation is 2. The molecule has 0 radical (unpaired) electrons. The number of hydrogen-bond acceptors (Lipinski definition) is 5. The van der Waals surface area contributed by atoms with Gasteiger partial charge in [0.25, 0.3) is 10.0 Å². The minimum Gasteiger partial charge on any atom is -0.254 e. The van der Waals surface area contributed by atoms with Gasteiger partial charge in [0.2, 0.25) is 0 Å². The summed E-state index contributed by atoms with van der Waals surface area (Å²) in [5, 5.41) is 2.22. The Morgan fingerprint density at radius 3 is 2.79 bits per heavy atom. The summed E-state index contributed by atoms with van der Waals surface area (Å²) >= 11 is 5.89. The zero-order valence-electron chi connectivity index (χ0n) is 9.85. The number of fused-ring (bicyclic) bond motifs is 1. The Kier molecular flexibility index (Phi) is 3.67. The van der Waals surface area contributed by atoms with Gasteiger partial charge in [-0.25, -0.2) is 13.4 Å². The van der Waals surface area contributed by atoms with Crippen LogP contribution in [0.15, 0.2) is 20.1 Å². The van der Waals surface area contributed by atoms with Crippen molar-refractivity contribution in [1.82, 2.24) is 4.98 Å². The van der Waals surface area contributed by atoms with Crippen LogP contribution in [0.4, 0.5) is 5.13 Å². The number of nitrogens with zero attached hydrogens (tertiary/aromatic N) is 1. The van der Waals surface area contributed by atoms with E-state index in [1.807, 2.05) is 0 Å². The molecule has 4 nitrogen and oxygen atoms in total. The van der Waals surface area contributed by atoms with Gasteiger partial charge >= 0.3 is 0 Å². The summed E-state index contributed by atoms with van der Waals surface area (Å²) in [5.41, 5.74) is 1.05. The highest BCUT2D eigenvalue weighted by molar-refractivity contribution is 9.10. The Morgan fingerprint density at radius 2 is 2.11 bits per heavy atom. The van der Waals surface area contributed by atoms with Crippen LogP contribution in [0.1, 0.15) is 23.4 Å². The number of thiazole rings is 1. The molecule has 0 unspecified atom stereocenters. The summed E-state index contributed by atoms with van der Waals surface area (Å²) in [4.78, 5) is 5.61. The monoisotopic (exact) mass is 378 g/mol. The van der Waals surface area contributed by atoms with E-state index in [1.54, 1.807) is 11.4 Å². The Labute approximate surface area is 128 Å². The highest BCUT2D eigenvalue weighted by Gasteiger charge is 2.22. The molecule has 2 aromatic rings. The first-order chi connectivity index (χ1) is 9.06. The largest absolute Gasteiger partial charge is 0.274 e. The molecular weight excluding hydrogens is 368 g/mol. The maximum absolute atomic E-state index is 12.2. The molecule has 0 aliphatic heterocycles. The van der Waals surface area contributed by atoms with E-state index in [1.165, 1.54) is 27.6 Å². The van der Waals surface area contributed by atoms with Crippen LogP contribution in [-0.2, 0) is 22.9 Å². The first-order valence-corrected chi connectivity index (χ1v) is 9.78. The second-order valence-corrected chi connectivity index (χ2v) is 8.99. The quantitative estimate of drug-likeness (QED) is 0.886. The van der Waals surface area contributed by atoms with E-state index in [4.69, 9.17) is 0 Å². The molecule has 1 aliphatic rings. The maximum atomic E-state index is 12.2. The van der Waals surface area contributed by atoms with Gasteiger partial charge in [0, 0.05) is 9.35 Å². The van der Waals surface area contributed by atoms with Crippen LogP contribution in [0.3, 0.4) is 0 Å². The van der Waals surface area contributed by atoms with Crippen molar-refractivity contribution >= 4 is 53.8 Å². The summed E-state index contributed by atoms with van der Waals surface area (Å²) in [6.45, 7) is 0. The van der Waals surface area contributed by atoms with Gasteiger partial charge in [-0.1, -0.05) is 0 Å². The Bertz CT molecular complexity index is 682. The number of halogens is 1. The van der Waals surface area contributed by atoms with Crippen LogP contribution in [0.5, 0.6) is 0 Å². The van der Waals surface area contributed by atoms with Crippen molar-refractivity contribution in [3.63, 3.8) is 0 Å². The summed E-state index contributed by atoms with van der Waals surface area (Å²) in [7, 11) is -3.53. The van der Waals surface area contributed by atoms with Crippen molar-refractivity contribution in [3.05, 3.63) is 26.5 Å². The maximum Gasteiger partial charge on any atom is 0.274 e. The van der Waals surface area contributed by atoms with Crippen molar-refractivity contribution in [2.45, 2.75) is 29.9 Å². The van der Waals surface area contributed by atoms with E-state index < -0.39 is 10.0 Å². The zero-order chi connectivity index (χ0) is 13.5. The molecule has 0 spiro atoms. The number of anilines is 1. The zero-order valence-corrected chi connectivity index (χ0v) is 13.9. The minimum absolute atomic E-state index is 0.292. The molecule has 102 valence electrons. The topological polar surface area (TPSA) is 59.1 Å². The third-order valence-electron chi connectivity index (χ3n) is 2.90. The molecule has 0 atom stereocenters. The number of nitrogens with one attached hydrogen (secondary N) is 1. The fourth-order valence-electron chi connectivity index (χ4n) is 2.03. The van der Waals surface area contributed by atoms with Crippen LogP contribution >= 0.6 is 38.6 Å². The summed E-state index contributed by atoms with van der Waals surface area (Å²) in [5.74, 6) is 0. The Hall–Kier alpha value is -0.440. The molecule has 1 N–H and O–H groups in total.